The molecular weight excluding hydrogens is 354 g/mol. The van der Waals surface area contributed by atoms with E-state index in [9.17, 15) is 9.59 Å². The number of hydrogen-bond donors (Lipinski definition) is 2. The summed E-state index contributed by atoms with van der Waals surface area (Å²) in [6.45, 7) is 8.34. The highest BCUT2D eigenvalue weighted by Crippen LogP contribution is 2.26. The van der Waals surface area contributed by atoms with Crippen molar-refractivity contribution < 1.29 is 14.3 Å². The number of nitrogens with zero attached hydrogens (tertiary/aromatic N) is 1. The van der Waals surface area contributed by atoms with Crippen LogP contribution >= 0.6 is 0 Å². The van der Waals surface area contributed by atoms with Crippen LogP contribution in [0.2, 0.25) is 0 Å². The second kappa shape index (κ2) is 11.1. The van der Waals surface area contributed by atoms with E-state index in [-0.39, 0.29) is 23.8 Å². The average Bonchev–Trinajstić information content (AvgIpc) is 2.70. The fourth-order valence-electron chi connectivity index (χ4n) is 3.60. The zero-order valence-electron chi connectivity index (χ0n) is 17.7. The van der Waals surface area contributed by atoms with Gasteiger partial charge in [-0.05, 0) is 63.9 Å². The molecule has 1 aliphatic rings. The molecule has 1 fully saturated rings. The lowest BCUT2D eigenvalue weighted by Gasteiger charge is -2.34. The van der Waals surface area contributed by atoms with Crippen LogP contribution in [0.3, 0.4) is 0 Å². The van der Waals surface area contributed by atoms with Crippen molar-refractivity contribution in [3.63, 3.8) is 0 Å². The van der Waals surface area contributed by atoms with Crippen molar-refractivity contribution in [3.8, 4) is 5.75 Å². The summed E-state index contributed by atoms with van der Waals surface area (Å²) < 4.78 is 5.34. The molecule has 1 aliphatic heterocycles. The van der Waals surface area contributed by atoms with E-state index in [2.05, 4.69) is 22.5 Å². The molecule has 6 heteroatoms. The van der Waals surface area contributed by atoms with Gasteiger partial charge < -0.3 is 15.4 Å². The molecule has 1 aromatic rings. The van der Waals surface area contributed by atoms with Gasteiger partial charge >= 0.3 is 0 Å². The minimum Gasteiger partial charge on any atom is -0.495 e. The number of anilines is 1. The fourth-order valence-corrected chi connectivity index (χ4v) is 3.60. The number of unbranched alkanes of at least 4 members (excludes halogenated alkanes) is 2. The van der Waals surface area contributed by atoms with Gasteiger partial charge in [0.15, 0.2) is 0 Å². The molecule has 1 aromatic carbocycles. The Hall–Kier alpha value is -2.08. The van der Waals surface area contributed by atoms with Crippen LogP contribution in [-0.2, 0) is 9.59 Å². The van der Waals surface area contributed by atoms with Gasteiger partial charge in [-0.1, -0.05) is 25.8 Å². The zero-order valence-corrected chi connectivity index (χ0v) is 17.7. The van der Waals surface area contributed by atoms with E-state index in [0.29, 0.717) is 11.4 Å². The molecule has 2 N–H and O–H groups in total. The number of likely N-dealkylation sites (tertiary alicyclic amines) is 1. The number of amides is 2. The van der Waals surface area contributed by atoms with Gasteiger partial charge in [-0.3, -0.25) is 14.5 Å². The molecule has 1 atom stereocenters. The SMILES string of the molecule is CCCCCNC(=O)C1CCN(C(C)C(=O)Nc2cc(C)ccc2OC)CC1. The van der Waals surface area contributed by atoms with Gasteiger partial charge in [-0.15, -0.1) is 0 Å². The topological polar surface area (TPSA) is 70.7 Å². The minimum atomic E-state index is -0.251. The minimum absolute atomic E-state index is 0.0497. The number of hydrogen-bond acceptors (Lipinski definition) is 4. The molecule has 0 saturated carbocycles. The van der Waals surface area contributed by atoms with Crippen LogP contribution in [0.1, 0.15) is 51.5 Å². The number of nitrogens with one attached hydrogen (secondary N) is 2. The molecule has 0 aliphatic carbocycles. The molecule has 0 spiro atoms. The maximum Gasteiger partial charge on any atom is 0.241 e. The highest BCUT2D eigenvalue weighted by molar-refractivity contribution is 5.96. The van der Waals surface area contributed by atoms with Crippen LogP contribution in [-0.4, -0.2) is 49.5 Å². The summed E-state index contributed by atoms with van der Waals surface area (Å²) in [6.07, 6.45) is 4.94. The largest absolute Gasteiger partial charge is 0.495 e. The Kier molecular flexibility index (Phi) is 8.77. The Balaban J connectivity index is 1.82. The van der Waals surface area contributed by atoms with Gasteiger partial charge in [0.2, 0.25) is 11.8 Å². The Morgan fingerprint density at radius 3 is 2.61 bits per heavy atom. The maximum absolute atomic E-state index is 12.7. The Morgan fingerprint density at radius 2 is 1.96 bits per heavy atom. The molecule has 6 nitrogen and oxygen atoms in total. The number of benzene rings is 1. The Labute approximate surface area is 169 Å². The molecule has 1 saturated heterocycles. The number of piperidine rings is 1. The van der Waals surface area contributed by atoms with Crippen LogP contribution in [0.4, 0.5) is 5.69 Å². The van der Waals surface area contributed by atoms with E-state index in [1.165, 1.54) is 0 Å². The van der Waals surface area contributed by atoms with Gasteiger partial charge in [0, 0.05) is 12.5 Å². The van der Waals surface area contributed by atoms with Gasteiger partial charge in [-0.25, -0.2) is 0 Å². The number of aryl methyl sites for hydroxylation is 1. The Morgan fingerprint density at radius 1 is 1.25 bits per heavy atom. The number of carbonyl (C=O) groups excluding carboxylic acids is 2. The lowest BCUT2D eigenvalue weighted by molar-refractivity contribution is -0.127. The summed E-state index contributed by atoms with van der Waals surface area (Å²) in [5.74, 6) is 0.832. The van der Waals surface area contributed by atoms with E-state index in [1.54, 1.807) is 7.11 Å². The lowest BCUT2D eigenvalue weighted by Crippen LogP contribution is -2.48. The van der Waals surface area contributed by atoms with E-state index in [0.717, 1.165) is 57.3 Å². The first kappa shape index (κ1) is 22.2. The van der Waals surface area contributed by atoms with Crippen LogP contribution in [0.15, 0.2) is 18.2 Å². The van der Waals surface area contributed by atoms with Crippen LogP contribution in [0.5, 0.6) is 5.75 Å². The molecule has 2 amide bonds. The zero-order chi connectivity index (χ0) is 20.5. The molecule has 156 valence electrons. The highest BCUT2D eigenvalue weighted by Gasteiger charge is 2.29. The molecule has 0 aromatic heterocycles. The third-order valence-corrected chi connectivity index (χ3v) is 5.52. The van der Waals surface area contributed by atoms with Crippen molar-refractivity contribution in [1.82, 2.24) is 10.2 Å². The number of methoxy groups -OCH3 is 1. The van der Waals surface area contributed by atoms with Gasteiger partial charge in [0.1, 0.15) is 5.75 Å². The lowest BCUT2D eigenvalue weighted by atomic mass is 9.95. The van der Waals surface area contributed by atoms with Crippen molar-refractivity contribution in [2.24, 2.45) is 5.92 Å². The summed E-state index contributed by atoms with van der Waals surface area (Å²) in [7, 11) is 1.60. The van der Waals surface area contributed by atoms with E-state index in [4.69, 9.17) is 4.74 Å². The third-order valence-electron chi connectivity index (χ3n) is 5.52. The predicted molar refractivity (Wildman–Crippen MR) is 113 cm³/mol. The second-order valence-corrected chi connectivity index (χ2v) is 7.68. The summed E-state index contributed by atoms with van der Waals surface area (Å²) in [5, 5.41) is 6.04. The monoisotopic (exact) mass is 389 g/mol. The van der Waals surface area contributed by atoms with Crippen molar-refractivity contribution in [3.05, 3.63) is 23.8 Å². The fraction of sp³-hybridized carbons (Fsp3) is 0.636. The van der Waals surface area contributed by atoms with Gasteiger partial charge in [0.05, 0.1) is 18.8 Å². The average molecular weight is 390 g/mol. The first-order chi connectivity index (χ1) is 13.5. The summed E-state index contributed by atoms with van der Waals surface area (Å²) in [4.78, 5) is 27.2. The third kappa shape index (κ3) is 6.23. The molecule has 28 heavy (non-hydrogen) atoms. The van der Waals surface area contributed by atoms with Gasteiger partial charge in [-0.2, -0.15) is 0 Å². The van der Waals surface area contributed by atoms with Crippen LogP contribution in [0.25, 0.3) is 0 Å². The van der Waals surface area contributed by atoms with Gasteiger partial charge in [0.25, 0.3) is 0 Å². The molecular formula is C22H35N3O3. The normalized spacial score (nSPS) is 16.4. The molecule has 2 rings (SSSR count). The molecule has 1 unspecified atom stereocenters. The molecule has 1 heterocycles. The predicted octanol–water partition coefficient (Wildman–Crippen LogP) is 3.35. The molecule has 0 bridgehead atoms. The smallest absolute Gasteiger partial charge is 0.241 e. The summed E-state index contributed by atoms with van der Waals surface area (Å²) >= 11 is 0. The van der Waals surface area contributed by atoms with E-state index < -0.39 is 0 Å². The standard InChI is InChI=1S/C22H35N3O3/c1-5-6-7-12-23-22(27)18-10-13-25(14-11-18)17(3)21(26)24-19-15-16(2)8-9-20(19)28-4/h8-9,15,17-18H,5-7,10-14H2,1-4H3,(H,23,27)(H,24,26). The van der Waals surface area contributed by atoms with E-state index >= 15 is 0 Å². The first-order valence-electron chi connectivity index (χ1n) is 10.4. The van der Waals surface area contributed by atoms with Crippen molar-refractivity contribution in [2.45, 2.75) is 58.9 Å². The number of carbonyl (C=O) groups is 2. The van der Waals surface area contributed by atoms with Crippen molar-refractivity contribution in [1.29, 1.82) is 0 Å². The van der Waals surface area contributed by atoms with Crippen molar-refractivity contribution in [2.75, 3.05) is 32.1 Å². The first-order valence-corrected chi connectivity index (χ1v) is 10.4. The summed E-state index contributed by atoms with van der Waals surface area (Å²) in [6, 6.07) is 5.48. The summed E-state index contributed by atoms with van der Waals surface area (Å²) in [5.41, 5.74) is 1.76. The van der Waals surface area contributed by atoms with Crippen molar-refractivity contribution >= 4 is 17.5 Å². The maximum atomic E-state index is 12.7. The highest BCUT2D eigenvalue weighted by atomic mass is 16.5. The second-order valence-electron chi connectivity index (χ2n) is 7.68. The molecule has 0 radical (unpaired) electrons. The van der Waals surface area contributed by atoms with E-state index in [1.807, 2.05) is 32.0 Å². The number of ether oxygens (including phenoxy) is 1. The Bertz CT molecular complexity index is 654. The van der Waals surface area contributed by atoms with Crippen LogP contribution in [0, 0.1) is 12.8 Å². The number of rotatable bonds is 9. The van der Waals surface area contributed by atoms with Crippen LogP contribution < -0.4 is 15.4 Å². The quantitative estimate of drug-likeness (QED) is 0.636.